The number of nitrogens with zero attached hydrogens (tertiary/aromatic N) is 5. The van der Waals surface area contributed by atoms with Crippen molar-refractivity contribution in [1.82, 2.24) is 25.2 Å². The van der Waals surface area contributed by atoms with E-state index in [-0.39, 0.29) is 35.1 Å². The molecule has 0 unspecified atom stereocenters. The first-order valence-electron chi connectivity index (χ1n) is 14.0. The molecular formula is C30H31ClF2N6O2. The monoisotopic (exact) mass is 580 g/mol. The summed E-state index contributed by atoms with van der Waals surface area (Å²) < 4.78 is 37.0. The standard InChI is InChI=1S/C30H31ClF2N6O2/c1-38(14-17-11-34-12-17)28-22-13-35-26(21-9-20(40)8-18-4-2-5-23(31)24(18)21)25(33)27(22)36-29(37-28)41-16-30-6-3-7-39(30)15-19(32)10-30/h2,4-5,8-9,13,17,19,34,40H,3,6-7,10-12,14-16H2,1H3/t19-,30+/m1/s1. The van der Waals surface area contributed by atoms with E-state index in [1.165, 1.54) is 6.07 Å². The van der Waals surface area contributed by atoms with Gasteiger partial charge in [-0.05, 0) is 43.0 Å². The van der Waals surface area contributed by atoms with Gasteiger partial charge in [0.15, 0.2) is 5.82 Å². The quantitative estimate of drug-likeness (QED) is 0.317. The number of pyridine rings is 1. The molecule has 3 fully saturated rings. The molecule has 0 spiro atoms. The maximum Gasteiger partial charge on any atom is 0.319 e. The molecule has 2 N–H and O–H groups in total. The van der Waals surface area contributed by atoms with Gasteiger partial charge < -0.3 is 20.1 Å². The summed E-state index contributed by atoms with van der Waals surface area (Å²) in [5.74, 6) is 0.273. The third-order valence-electron chi connectivity index (χ3n) is 8.80. The van der Waals surface area contributed by atoms with Crippen molar-refractivity contribution in [2.45, 2.75) is 31.0 Å². The number of anilines is 1. The summed E-state index contributed by atoms with van der Waals surface area (Å²) in [4.78, 5) is 17.9. The topological polar surface area (TPSA) is 86.6 Å². The zero-order valence-electron chi connectivity index (χ0n) is 22.7. The van der Waals surface area contributed by atoms with Gasteiger partial charge >= 0.3 is 6.01 Å². The summed E-state index contributed by atoms with van der Waals surface area (Å²) in [7, 11) is 1.92. The zero-order valence-corrected chi connectivity index (χ0v) is 23.5. The Morgan fingerprint density at radius 2 is 2.12 bits per heavy atom. The molecule has 214 valence electrons. The van der Waals surface area contributed by atoms with Crippen LogP contribution in [0.1, 0.15) is 19.3 Å². The summed E-state index contributed by atoms with van der Waals surface area (Å²) in [6.45, 7) is 4.02. The van der Waals surface area contributed by atoms with Gasteiger partial charge in [-0.15, -0.1) is 0 Å². The Morgan fingerprint density at radius 1 is 1.27 bits per heavy atom. The van der Waals surface area contributed by atoms with Gasteiger partial charge in [-0.1, -0.05) is 23.7 Å². The summed E-state index contributed by atoms with van der Waals surface area (Å²) in [5.41, 5.74) is 0.0554. The predicted octanol–water partition coefficient (Wildman–Crippen LogP) is 4.95. The highest BCUT2D eigenvalue weighted by Crippen LogP contribution is 2.42. The van der Waals surface area contributed by atoms with Crippen LogP contribution in [-0.2, 0) is 0 Å². The van der Waals surface area contributed by atoms with E-state index >= 15 is 4.39 Å². The summed E-state index contributed by atoms with van der Waals surface area (Å²) >= 11 is 6.53. The van der Waals surface area contributed by atoms with Crippen molar-refractivity contribution in [2.75, 3.05) is 51.3 Å². The molecule has 2 aromatic heterocycles. The number of benzene rings is 2. The fourth-order valence-corrected chi connectivity index (χ4v) is 7.00. The highest BCUT2D eigenvalue weighted by atomic mass is 35.5. The van der Waals surface area contributed by atoms with E-state index in [0.29, 0.717) is 51.4 Å². The molecule has 0 bridgehead atoms. The molecular weight excluding hydrogens is 550 g/mol. The highest BCUT2D eigenvalue weighted by Gasteiger charge is 2.49. The third-order valence-corrected chi connectivity index (χ3v) is 9.11. The van der Waals surface area contributed by atoms with Gasteiger partial charge in [0.1, 0.15) is 35.6 Å². The number of fused-ring (bicyclic) bond motifs is 3. The normalized spacial score (nSPS) is 22.8. The van der Waals surface area contributed by atoms with Crippen molar-refractivity contribution in [2.24, 2.45) is 5.92 Å². The Bertz CT molecular complexity index is 1650. The summed E-state index contributed by atoms with van der Waals surface area (Å²) in [5, 5.41) is 15.8. The number of nitrogens with one attached hydrogen (secondary N) is 1. The minimum Gasteiger partial charge on any atom is -0.508 e. The number of hydrogen-bond donors (Lipinski definition) is 2. The van der Waals surface area contributed by atoms with Crippen LogP contribution < -0.4 is 15.0 Å². The minimum absolute atomic E-state index is 0.0181. The van der Waals surface area contributed by atoms with Crippen molar-refractivity contribution >= 4 is 39.1 Å². The summed E-state index contributed by atoms with van der Waals surface area (Å²) in [6, 6.07) is 8.38. The zero-order chi connectivity index (χ0) is 28.3. The second-order valence-electron chi connectivity index (χ2n) is 11.6. The van der Waals surface area contributed by atoms with E-state index in [4.69, 9.17) is 21.3 Å². The molecule has 5 heterocycles. The van der Waals surface area contributed by atoms with Gasteiger partial charge in [0.25, 0.3) is 0 Å². The SMILES string of the molecule is CN(CC1CNC1)c1nc(OC[C@@]23CCCN2C[C@H](F)C3)nc2c(F)c(-c3cc(O)cc4cccc(Cl)c34)ncc12. The number of phenolic OH excluding ortho intramolecular Hbond substituents is 1. The molecule has 3 aliphatic heterocycles. The van der Waals surface area contributed by atoms with E-state index in [1.807, 2.05) is 11.9 Å². The van der Waals surface area contributed by atoms with E-state index < -0.39 is 12.0 Å². The summed E-state index contributed by atoms with van der Waals surface area (Å²) in [6.07, 6.45) is 2.93. The molecule has 3 aliphatic rings. The van der Waals surface area contributed by atoms with Crippen molar-refractivity contribution in [1.29, 1.82) is 0 Å². The van der Waals surface area contributed by atoms with Crippen LogP contribution in [0.3, 0.4) is 0 Å². The number of rotatable bonds is 7. The molecule has 0 aliphatic carbocycles. The highest BCUT2D eigenvalue weighted by molar-refractivity contribution is 6.36. The first-order chi connectivity index (χ1) is 19.8. The van der Waals surface area contributed by atoms with Crippen molar-refractivity contribution in [3.8, 4) is 23.0 Å². The molecule has 4 aromatic rings. The maximum absolute atomic E-state index is 16.5. The largest absolute Gasteiger partial charge is 0.508 e. The molecule has 2 aromatic carbocycles. The average molecular weight is 581 g/mol. The number of aromatic hydroxyl groups is 1. The van der Waals surface area contributed by atoms with Gasteiger partial charge in [-0.2, -0.15) is 9.97 Å². The number of halogens is 3. The average Bonchev–Trinajstić information content (AvgIpc) is 3.44. The first-order valence-corrected chi connectivity index (χ1v) is 14.4. The van der Waals surface area contributed by atoms with Gasteiger partial charge in [0.05, 0.1) is 10.9 Å². The minimum atomic E-state index is -0.885. The molecule has 0 saturated carbocycles. The number of aromatic nitrogens is 3. The molecule has 8 nitrogen and oxygen atoms in total. The fraction of sp³-hybridized carbons (Fsp3) is 0.433. The maximum atomic E-state index is 16.5. The Morgan fingerprint density at radius 3 is 2.93 bits per heavy atom. The molecule has 3 saturated heterocycles. The molecule has 7 rings (SSSR count). The molecule has 0 radical (unpaired) electrons. The molecule has 2 atom stereocenters. The van der Waals surface area contributed by atoms with Gasteiger partial charge in [-0.25, -0.2) is 8.78 Å². The van der Waals surface area contributed by atoms with Crippen LogP contribution in [0.25, 0.3) is 32.9 Å². The third kappa shape index (κ3) is 4.62. The number of alkyl halides is 1. The van der Waals surface area contributed by atoms with Crippen LogP contribution in [0.5, 0.6) is 11.8 Å². The lowest BCUT2D eigenvalue weighted by molar-refractivity contribution is 0.107. The van der Waals surface area contributed by atoms with Crippen molar-refractivity contribution in [3.63, 3.8) is 0 Å². The second-order valence-corrected chi connectivity index (χ2v) is 12.0. The van der Waals surface area contributed by atoms with Crippen molar-refractivity contribution < 1.29 is 18.6 Å². The van der Waals surface area contributed by atoms with Crippen molar-refractivity contribution in [3.05, 3.63) is 47.4 Å². The number of hydrogen-bond acceptors (Lipinski definition) is 8. The first kappa shape index (κ1) is 26.6. The van der Waals surface area contributed by atoms with Crippen LogP contribution >= 0.6 is 11.6 Å². The Labute approximate surface area is 241 Å². The van der Waals surface area contributed by atoms with E-state index in [1.54, 1.807) is 30.5 Å². The molecule has 0 amide bonds. The van der Waals surface area contributed by atoms with Crippen LogP contribution in [0.4, 0.5) is 14.6 Å². The Balaban J connectivity index is 1.34. The second kappa shape index (κ2) is 10.2. The van der Waals surface area contributed by atoms with E-state index in [2.05, 4.69) is 20.2 Å². The predicted molar refractivity (Wildman–Crippen MR) is 155 cm³/mol. The lowest BCUT2D eigenvalue weighted by atomic mass is 9.95. The van der Waals surface area contributed by atoms with Gasteiger partial charge in [0.2, 0.25) is 0 Å². The number of ether oxygens (including phenoxy) is 1. The lowest BCUT2D eigenvalue weighted by Gasteiger charge is -2.32. The van der Waals surface area contributed by atoms with Gasteiger partial charge in [-0.3, -0.25) is 9.88 Å². The molecule has 11 heteroatoms. The smallest absolute Gasteiger partial charge is 0.319 e. The van der Waals surface area contributed by atoms with E-state index in [9.17, 15) is 9.50 Å². The van der Waals surface area contributed by atoms with Crippen LogP contribution in [0, 0.1) is 11.7 Å². The lowest BCUT2D eigenvalue weighted by Crippen LogP contribution is -2.47. The van der Waals surface area contributed by atoms with Crippen LogP contribution in [0.2, 0.25) is 5.02 Å². The Hall–Kier alpha value is -3.34. The van der Waals surface area contributed by atoms with E-state index in [0.717, 1.165) is 39.0 Å². The fourth-order valence-electron chi connectivity index (χ4n) is 6.72. The molecule has 41 heavy (non-hydrogen) atoms. The van der Waals surface area contributed by atoms with Crippen LogP contribution in [0.15, 0.2) is 36.5 Å². The van der Waals surface area contributed by atoms with Crippen LogP contribution in [-0.4, -0.2) is 83.0 Å². The van der Waals surface area contributed by atoms with Gasteiger partial charge in [0, 0.05) is 67.7 Å². The Kier molecular flexibility index (Phi) is 6.59. The number of phenols is 1.